The summed E-state index contributed by atoms with van der Waals surface area (Å²) < 4.78 is 12.7. The van der Waals surface area contributed by atoms with E-state index in [9.17, 15) is 9.00 Å². The molecule has 0 unspecified atom stereocenters. The van der Waals surface area contributed by atoms with E-state index in [1.807, 2.05) is 0 Å². The minimum absolute atomic E-state index is 0.0969. The van der Waals surface area contributed by atoms with Crippen LogP contribution in [0.4, 0.5) is 0 Å². The highest BCUT2D eigenvalue weighted by Crippen LogP contribution is 2.39. The molecule has 2 rings (SSSR count). The Bertz CT molecular complexity index is 423. The Labute approximate surface area is 93.7 Å². The maximum atomic E-state index is 11.6. The zero-order valence-corrected chi connectivity index (χ0v) is 10.0. The predicted molar refractivity (Wildman–Crippen MR) is 58.9 cm³/mol. The van der Waals surface area contributed by atoms with Gasteiger partial charge < -0.3 is 0 Å². The molecule has 0 saturated carbocycles. The van der Waals surface area contributed by atoms with Crippen molar-refractivity contribution in [1.82, 2.24) is 0 Å². The summed E-state index contributed by atoms with van der Waals surface area (Å²) in [4.78, 5) is 11.6. The third kappa shape index (κ3) is 1.55. The number of Topliss-reactive ketones (excluding diaryl/α,β-unsaturated/α-hetero) is 1. The summed E-state index contributed by atoms with van der Waals surface area (Å²) in [5.41, 5.74) is 1.56. The monoisotopic (exact) mass is 248 g/mol. The second kappa shape index (κ2) is 3.76. The maximum Gasteiger partial charge on any atom is 0.165 e. The third-order valence-electron chi connectivity index (χ3n) is 2.30. The van der Waals surface area contributed by atoms with E-state index in [-0.39, 0.29) is 5.78 Å². The van der Waals surface area contributed by atoms with Gasteiger partial charge in [0.1, 0.15) is 4.21 Å². The van der Waals surface area contributed by atoms with Crippen molar-refractivity contribution in [2.45, 2.75) is 23.5 Å². The first kappa shape index (κ1) is 10.3. The van der Waals surface area contributed by atoms with E-state index < -0.39 is 10.8 Å². The standard InChI is InChI=1S/C9H9ClO2S2/c1-14(12)9-7-5(8(10)13-9)3-2-4-6(7)11/h2-4H2,1H3/t14-/m1/s1. The molecule has 0 N–H and O–H groups in total. The second-order valence-corrected chi connectivity index (χ2v) is 6.45. The van der Waals surface area contributed by atoms with Crippen molar-refractivity contribution >= 4 is 39.5 Å². The summed E-state index contributed by atoms with van der Waals surface area (Å²) in [6.45, 7) is 0. The Hall–Kier alpha value is -0.190. The summed E-state index contributed by atoms with van der Waals surface area (Å²) in [5, 5.41) is 0. The van der Waals surface area contributed by atoms with Crippen LogP contribution in [0.25, 0.3) is 0 Å². The molecule has 0 aliphatic heterocycles. The molecule has 0 bridgehead atoms. The zero-order chi connectivity index (χ0) is 10.3. The highest BCUT2D eigenvalue weighted by atomic mass is 35.5. The van der Waals surface area contributed by atoms with Gasteiger partial charge in [0.15, 0.2) is 5.78 Å². The van der Waals surface area contributed by atoms with Crippen LogP contribution < -0.4 is 0 Å². The summed E-state index contributed by atoms with van der Waals surface area (Å²) >= 11 is 7.29. The fraction of sp³-hybridized carbons (Fsp3) is 0.444. The quantitative estimate of drug-likeness (QED) is 0.766. The van der Waals surface area contributed by atoms with E-state index >= 15 is 0 Å². The molecule has 14 heavy (non-hydrogen) atoms. The van der Waals surface area contributed by atoms with Crippen LogP contribution in [0.3, 0.4) is 0 Å². The molecule has 76 valence electrons. The van der Waals surface area contributed by atoms with Crippen molar-refractivity contribution in [3.63, 3.8) is 0 Å². The Kier molecular flexibility index (Phi) is 2.77. The molecule has 1 aromatic heterocycles. The summed E-state index contributed by atoms with van der Waals surface area (Å²) in [7, 11) is -1.11. The lowest BCUT2D eigenvalue weighted by molar-refractivity contribution is 0.0970. The summed E-state index contributed by atoms with van der Waals surface area (Å²) in [6.07, 6.45) is 3.85. The second-order valence-electron chi connectivity index (χ2n) is 3.25. The average molecular weight is 249 g/mol. The molecule has 0 fully saturated rings. The predicted octanol–water partition coefficient (Wildman–Crippen LogP) is 2.66. The number of hydrogen-bond acceptors (Lipinski definition) is 3. The van der Waals surface area contributed by atoms with E-state index in [4.69, 9.17) is 11.6 Å². The van der Waals surface area contributed by atoms with Crippen molar-refractivity contribution in [3.05, 3.63) is 15.5 Å². The molecule has 0 saturated heterocycles. The van der Waals surface area contributed by atoms with Gasteiger partial charge in [-0.3, -0.25) is 9.00 Å². The van der Waals surface area contributed by atoms with Crippen molar-refractivity contribution in [2.24, 2.45) is 0 Å². The smallest absolute Gasteiger partial charge is 0.165 e. The molecule has 1 atom stereocenters. The van der Waals surface area contributed by atoms with E-state index in [2.05, 4.69) is 0 Å². The fourth-order valence-corrected chi connectivity index (χ4v) is 4.30. The van der Waals surface area contributed by atoms with E-state index in [1.54, 1.807) is 6.26 Å². The third-order valence-corrected chi connectivity index (χ3v) is 5.25. The van der Waals surface area contributed by atoms with E-state index in [0.717, 1.165) is 18.4 Å². The first-order valence-electron chi connectivity index (χ1n) is 4.29. The minimum Gasteiger partial charge on any atom is -0.294 e. The molecule has 0 amide bonds. The van der Waals surface area contributed by atoms with Crippen LogP contribution in [0, 0.1) is 0 Å². The Morgan fingerprint density at radius 2 is 2.14 bits per heavy atom. The number of halogens is 1. The van der Waals surface area contributed by atoms with Crippen LogP contribution in [-0.2, 0) is 17.2 Å². The van der Waals surface area contributed by atoms with E-state index in [0.29, 0.717) is 20.5 Å². The Morgan fingerprint density at radius 1 is 1.43 bits per heavy atom. The van der Waals surface area contributed by atoms with Crippen LogP contribution in [0.1, 0.15) is 28.8 Å². The number of hydrogen-bond donors (Lipinski definition) is 0. The topological polar surface area (TPSA) is 34.1 Å². The van der Waals surface area contributed by atoms with Crippen LogP contribution in [0.5, 0.6) is 0 Å². The van der Waals surface area contributed by atoms with Gasteiger partial charge in [-0.2, -0.15) is 0 Å². The minimum atomic E-state index is -1.11. The van der Waals surface area contributed by atoms with Gasteiger partial charge in [0.2, 0.25) is 0 Å². The van der Waals surface area contributed by atoms with Crippen molar-refractivity contribution < 1.29 is 9.00 Å². The lowest BCUT2D eigenvalue weighted by atomic mass is 9.95. The number of carbonyl (C=O) groups is 1. The number of thiophene rings is 1. The van der Waals surface area contributed by atoms with Crippen LogP contribution in [-0.4, -0.2) is 16.2 Å². The lowest BCUT2D eigenvalue weighted by Gasteiger charge is -2.10. The van der Waals surface area contributed by atoms with Crippen molar-refractivity contribution in [3.8, 4) is 0 Å². The van der Waals surface area contributed by atoms with Crippen molar-refractivity contribution in [1.29, 1.82) is 0 Å². The number of rotatable bonds is 1. The highest BCUT2D eigenvalue weighted by molar-refractivity contribution is 7.86. The molecule has 0 aromatic carbocycles. The number of carbonyl (C=O) groups excluding carboxylic acids is 1. The van der Waals surface area contributed by atoms with Gasteiger partial charge in [-0.1, -0.05) is 11.6 Å². The Balaban J connectivity index is 2.65. The molecule has 1 aliphatic rings. The van der Waals surface area contributed by atoms with Crippen LogP contribution in [0.15, 0.2) is 4.21 Å². The molecular formula is C9H9ClO2S2. The molecule has 0 spiro atoms. The molecule has 2 nitrogen and oxygen atoms in total. The fourth-order valence-electron chi connectivity index (χ4n) is 1.67. The lowest BCUT2D eigenvalue weighted by Crippen LogP contribution is -2.10. The molecule has 1 aromatic rings. The molecule has 1 aliphatic carbocycles. The van der Waals surface area contributed by atoms with Crippen LogP contribution in [0.2, 0.25) is 4.34 Å². The number of fused-ring (bicyclic) bond motifs is 1. The molecular weight excluding hydrogens is 240 g/mol. The van der Waals surface area contributed by atoms with Gasteiger partial charge in [0.25, 0.3) is 0 Å². The SMILES string of the molecule is C[S@@](=O)c1sc(Cl)c2c1C(=O)CCC2. The summed E-state index contributed by atoms with van der Waals surface area (Å²) in [5.74, 6) is 0.0969. The first-order valence-corrected chi connectivity index (χ1v) is 7.04. The van der Waals surface area contributed by atoms with Crippen LogP contribution >= 0.6 is 22.9 Å². The normalized spacial score (nSPS) is 18.0. The Morgan fingerprint density at radius 3 is 2.79 bits per heavy atom. The maximum absolute atomic E-state index is 11.6. The van der Waals surface area contributed by atoms with Gasteiger partial charge in [0, 0.05) is 18.2 Å². The molecule has 0 radical (unpaired) electrons. The van der Waals surface area contributed by atoms with Gasteiger partial charge in [-0.05, 0) is 18.4 Å². The first-order chi connectivity index (χ1) is 6.61. The van der Waals surface area contributed by atoms with Crippen molar-refractivity contribution in [2.75, 3.05) is 6.26 Å². The zero-order valence-electron chi connectivity index (χ0n) is 7.63. The van der Waals surface area contributed by atoms with Gasteiger partial charge in [-0.15, -0.1) is 11.3 Å². The van der Waals surface area contributed by atoms with Gasteiger partial charge in [0.05, 0.1) is 15.1 Å². The highest BCUT2D eigenvalue weighted by Gasteiger charge is 2.27. The van der Waals surface area contributed by atoms with E-state index in [1.165, 1.54) is 11.3 Å². The number of ketones is 1. The summed E-state index contributed by atoms with van der Waals surface area (Å²) in [6, 6.07) is 0. The van der Waals surface area contributed by atoms with Gasteiger partial charge >= 0.3 is 0 Å². The average Bonchev–Trinajstić information content (AvgIpc) is 2.46. The molecule has 5 heteroatoms. The largest absolute Gasteiger partial charge is 0.294 e. The molecule has 1 heterocycles. The van der Waals surface area contributed by atoms with Gasteiger partial charge in [-0.25, -0.2) is 0 Å².